The average molecular weight is 210 g/mol. The van der Waals surface area contributed by atoms with E-state index in [1.54, 1.807) is 0 Å². The summed E-state index contributed by atoms with van der Waals surface area (Å²) in [4.78, 5) is 23.8. The normalized spacial score (nSPS) is 42.2. The van der Waals surface area contributed by atoms with Crippen molar-refractivity contribution in [1.29, 1.82) is 0 Å². The molecule has 0 spiro atoms. The molecule has 0 aromatic rings. The lowest BCUT2D eigenvalue weighted by Gasteiger charge is -2.49. The predicted molar refractivity (Wildman–Crippen MR) is 58.4 cm³/mol. The molecule has 2 nitrogen and oxygen atoms in total. The molecule has 0 aromatic heterocycles. The molecule has 2 bridgehead atoms. The quantitative estimate of drug-likeness (QED) is 0.449. The summed E-state index contributed by atoms with van der Waals surface area (Å²) in [6.45, 7) is 0. The van der Waals surface area contributed by atoms with E-state index in [0.29, 0.717) is 11.8 Å². The first kappa shape index (κ1) is 8.45. The van der Waals surface area contributed by atoms with Crippen LogP contribution in [0.15, 0.2) is 47.6 Å². The van der Waals surface area contributed by atoms with Crippen molar-refractivity contribution in [2.75, 3.05) is 0 Å². The summed E-state index contributed by atoms with van der Waals surface area (Å²) in [7, 11) is 0. The highest BCUT2D eigenvalue weighted by Crippen LogP contribution is 2.54. The second kappa shape index (κ2) is 2.51. The summed E-state index contributed by atoms with van der Waals surface area (Å²) in [6, 6.07) is 0. The van der Waals surface area contributed by atoms with E-state index in [9.17, 15) is 9.59 Å². The van der Waals surface area contributed by atoms with Gasteiger partial charge in [-0.05, 0) is 24.0 Å². The Labute approximate surface area is 93.0 Å². The summed E-state index contributed by atoms with van der Waals surface area (Å²) >= 11 is 0. The van der Waals surface area contributed by atoms with Crippen molar-refractivity contribution in [3.05, 3.63) is 47.6 Å². The van der Waals surface area contributed by atoms with Crippen molar-refractivity contribution in [3.8, 4) is 0 Å². The number of carbonyl (C=O) groups is 2. The first-order chi connectivity index (χ1) is 7.77. The molecule has 4 atom stereocenters. The molecule has 0 fully saturated rings. The number of hydrogen-bond donors (Lipinski definition) is 0. The standard InChI is InChI=1S/C14H10O2/c15-11-5-6-12(16)14-10-4-3-9(13(11)14)7-1-2-8(7)10/h1-10H/t7-,8+,9-,10+. The highest BCUT2D eigenvalue weighted by molar-refractivity contribution is 6.21. The SMILES string of the molecule is O=C1C=CC(=O)C2=C1[C@H]1C=C[C@@H]2[C@@H]2C=C[C@@H]21. The Morgan fingerprint density at radius 3 is 1.50 bits per heavy atom. The van der Waals surface area contributed by atoms with E-state index in [0.717, 1.165) is 11.1 Å². The van der Waals surface area contributed by atoms with Gasteiger partial charge in [-0.1, -0.05) is 24.3 Å². The third-order valence-electron chi connectivity index (χ3n) is 4.23. The van der Waals surface area contributed by atoms with Gasteiger partial charge < -0.3 is 0 Å². The van der Waals surface area contributed by atoms with Crippen LogP contribution in [0, 0.1) is 23.7 Å². The zero-order valence-electron chi connectivity index (χ0n) is 8.59. The maximum atomic E-state index is 11.9. The molecule has 5 aliphatic rings. The maximum Gasteiger partial charge on any atom is 0.183 e. The van der Waals surface area contributed by atoms with Gasteiger partial charge in [-0.3, -0.25) is 9.59 Å². The smallest absolute Gasteiger partial charge is 0.183 e. The molecule has 0 N–H and O–H groups in total. The van der Waals surface area contributed by atoms with Gasteiger partial charge in [0.25, 0.3) is 0 Å². The van der Waals surface area contributed by atoms with E-state index in [-0.39, 0.29) is 23.4 Å². The van der Waals surface area contributed by atoms with Crippen LogP contribution in [-0.4, -0.2) is 11.6 Å². The van der Waals surface area contributed by atoms with E-state index in [1.165, 1.54) is 12.2 Å². The van der Waals surface area contributed by atoms with Gasteiger partial charge in [-0.2, -0.15) is 0 Å². The van der Waals surface area contributed by atoms with Crippen molar-refractivity contribution in [2.24, 2.45) is 23.7 Å². The van der Waals surface area contributed by atoms with Crippen LogP contribution in [0.4, 0.5) is 0 Å². The fraction of sp³-hybridized carbons (Fsp3) is 0.286. The summed E-state index contributed by atoms with van der Waals surface area (Å²) in [5.74, 6) is 1.28. The minimum absolute atomic E-state index is 0.0349. The van der Waals surface area contributed by atoms with Gasteiger partial charge in [-0.15, -0.1) is 0 Å². The zero-order chi connectivity index (χ0) is 10.9. The van der Waals surface area contributed by atoms with Crippen molar-refractivity contribution in [2.45, 2.75) is 0 Å². The van der Waals surface area contributed by atoms with Gasteiger partial charge >= 0.3 is 0 Å². The molecular formula is C14H10O2. The molecule has 0 saturated heterocycles. The molecule has 5 rings (SSSR count). The predicted octanol–water partition coefficient (Wildman–Crippen LogP) is 1.61. The Kier molecular flexibility index (Phi) is 1.33. The second-order valence-electron chi connectivity index (χ2n) is 4.87. The minimum Gasteiger partial charge on any atom is -0.290 e. The molecule has 0 aliphatic heterocycles. The topological polar surface area (TPSA) is 34.1 Å². The summed E-state index contributed by atoms with van der Waals surface area (Å²) < 4.78 is 0. The highest BCUT2D eigenvalue weighted by Gasteiger charge is 2.50. The van der Waals surface area contributed by atoms with Crippen LogP contribution in [0.25, 0.3) is 0 Å². The first-order valence-corrected chi connectivity index (χ1v) is 5.65. The lowest BCUT2D eigenvalue weighted by Crippen LogP contribution is -2.45. The minimum atomic E-state index is 0.0349. The summed E-state index contributed by atoms with van der Waals surface area (Å²) in [5.41, 5.74) is 1.54. The Morgan fingerprint density at radius 2 is 1.12 bits per heavy atom. The van der Waals surface area contributed by atoms with Gasteiger partial charge in [0.1, 0.15) is 0 Å². The lowest BCUT2D eigenvalue weighted by atomic mass is 9.54. The molecule has 0 aromatic carbocycles. The number of carbonyl (C=O) groups excluding carboxylic acids is 2. The molecule has 16 heavy (non-hydrogen) atoms. The third kappa shape index (κ3) is 0.765. The van der Waals surface area contributed by atoms with Gasteiger partial charge in [0, 0.05) is 23.0 Å². The number of hydrogen-bond acceptors (Lipinski definition) is 2. The number of allylic oxidation sites excluding steroid dienone is 8. The molecule has 78 valence electrons. The van der Waals surface area contributed by atoms with E-state index in [1.807, 2.05) is 0 Å². The first-order valence-electron chi connectivity index (χ1n) is 5.65. The van der Waals surface area contributed by atoms with Gasteiger partial charge in [0.15, 0.2) is 11.6 Å². The Hall–Kier alpha value is -1.70. The van der Waals surface area contributed by atoms with Gasteiger partial charge in [0.05, 0.1) is 0 Å². The molecular weight excluding hydrogens is 200 g/mol. The number of rotatable bonds is 0. The van der Waals surface area contributed by atoms with E-state index >= 15 is 0 Å². The van der Waals surface area contributed by atoms with Crippen molar-refractivity contribution in [3.63, 3.8) is 0 Å². The largest absolute Gasteiger partial charge is 0.290 e. The van der Waals surface area contributed by atoms with Crippen LogP contribution in [0.2, 0.25) is 0 Å². The monoisotopic (exact) mass is 210 g/mol. The van der Waals surface area contributed by atoms with Crippen LogP contribution < -0.4 is 0 Å². The average Bonchev–Trinajstić information content (AvgIpc) is 2.23. The van der Waals surface area contributed by atoms with Crippen LogP contribution >= 0.6 is 0 Å². The Bertz CT molecular complexity index is 499. The van der Waals surface area contributed by atoms with Crippen LogP contribution in [-0.2, 0) is 9.59 Å². The van der Waals surface area contributed by atoms with Crippen molar-refractivity contribution >= 4 is 11.6 Å². The molecule has 2 heteroatoms. The third-order valence-corrected chi connectivity index (χ3v) is 4.23. The van der Waals surface area contributed by atoms with E-state index in [4.69, 9.17) is 0 Å². The van der Waals surface area contributed by atoms with Crippen LogP contribution in [0.3, 0.4) is 0 Å². The Morgan fingerprint density at radius 1 is 0.688 bits per heavy atom. The molecule has 0 amide bonds. The van der Waals surface area contributed by atoms with Crippen molar-refractivity contribution < 1.29 is 9.59 Å². The van der Waals surface area contributed by atoms with E-state index in [2.05, 4.69) is 24.3 Å². The number of ketones is 2. The fourth-order valence-electron chi connectivity index (χ4n) is 3.44. The molecule has 5 aliphatic carbocycles. The molecule has 0 heterocycles. The molecule has 0 unspecified atom stereocenters. The highest BCUT2D eigenvalue weighted by atomic mass is 16.1. The zero-order valence-corrected chi connectivity index (χ0v) is 8.59. The fourth-order valence-corrected chi connectivity index (χ4v) is 3.44. The molecule has 0 saturated carbocycles. The van der Waals surface area contributed by atoms with Crippen LogP contribution in [0.5, 0.6) is 0 Å². The Balaban J connectivity index is 1.95. The summed E-state index contributed by atoms with van der Waals surface area (Å²) in [5, 5.41) is 0. The molecule has 0 radical (unpaired) electrons. The van der Waals surface area contributed by atoms with Crippen LogP contribution in [0.1, 0.15) is 0 Å². The van der Waals surface area contributed by atoms with E-state index < -0.39 is 0 Å². The van der Waals surface area contributed by atoms with Crippen molar-refractivity contribution in [1.82, 2.24) is 0 Å². The lowest BCUT2D eigenvalue weighted by molar-refractivity contribution is -0.116. The maximum absolute atomic E-state index is 11.9. The second-order valence-corrected chi connectivity index (χ2v) is 4.87. The summed E-state index contributed by atoms with van der Waals surface area (Å²) in [6.07, 6.45) is 11.4. The van der Waals surface area contributed by atoms with Gasteiger partial charge in [0.2, 0.25) is 0 Å². The van der Waals surface area contributed by atoms with Gasteiger partial charge in [-0.25, -0.2) is 0 Å².